The van der Waals surface area contributed by atoms with Crippen molar-refractivity contribution in [3.8, 4) is 5.75 Å². The highest BCUT2D eigenvalue weighted by Crippen LogP contribution is 2.34. The SMILES string of the molecule is C=C(C)CSc1nnc(SCc2cc(=O)oc3c(C)c(O)ccc23)s1. The smallest absolute Gasteiger partial charge is 0.336 e. The fourth-order valence-corrected chi connectivity index (χ4v) is 5.03. The molecule has 0 saturated heterocycles. The van der Waals surface area contributed by atoms with Gasteiger partial charge in [-0.1, -0.05) is 47.0 Å². The Hall–Kier alpha value is -1.77. The maximum atomic E-state index is 11.8. The van der Waals surface area contributed by atoms with Gasteiger partial charge in [-0.3, -0.25) is 0 Å². The van der Waals surface area contributed by atoms with E-state index in [9.17, 15) is 9.90 Å². The number of hydrogen-bond acceptors (Lipinski definition) is 8. The summed E-state index contributed by atoms with van der Waals surface area (Å²) in [6, 6.07) is 4.87. The van der Waals surface area contributed by atoms with E-state index in [1.807, 2.05) is 6.92 Å². The standard InChI is InChI=1S/C17H16N2O3S3/c1-9(2)7-23-16-18-19-17(25-16)24-8-11-6-14(21)22-15-10(3)13(20)5-4-12(11)15/h4-6,20H,1,7-8H2,2-3H3. The monoisotopic (exact) mass is 392 g/mol. The molecule has 0 radical (unpaired) electrons. The second-order valence-electron chi connectivity index (χ2n) is 5.55. The number of hydrogen-bond donors (Lipinski definition) is 1. The average Bonchev–Trinajstić information content (AvgIpc) is 3.02. The lowest BCUT2D eigenvalue weighted by atomic mass is 10.1. The molecule has 0 saturated carbocycles. The highest BCUT2D eigenvalue weighted by Gasteiger charge is 2.12. The molecule has 1 N–H and O–H groups in total. The number of aromatic nitrogens is 2. The third-order valence-electron chi connectivity index (χ3n) is 3.40. The third kappa shape index (κ3) is 4.26. The summed E-state index contributed by atoms with van der Waals surface area (Å²) < 4.78 is 7.02. The lowest BCUT2D eigenvalue weighted by Gasteiger charge is -2.07. The second kappa shape index (κ2) is 7.63. The van der Waals surface area contributed by atoms with Crippen molar-refractivity contribution in [3.63, 3.8) is 0 Å². The first-order chi connectivity index (χ1) is 11.9. The zero-order valence-electron chi connectivity index (χ0n) is 13.7. The van der Waals surface area contributed by atoms with Crippen molar-refractivity contribution >= 4 is 45.8 Å². The van der Waals surface area contributed by atoms with Crippen LogP contribution in [0.4, 0.5) is 0 Å². The molecular formula is C17H16N2O3S3. The first-order valence-corrected chi connectivity index (χ1v) is 10.2. The lowest BCUT2D eigenvalue weighted by Crippen LogP contribution is -2.00. The summed E-state index contributed by atoms with van der Waals surface area (Å²) in [4.78, 5) is 11.8. The largest absolute Gasteiger partial charge is 0.508 e. The van der Waals surface area contributed by atoms with Gasteiger partial charge in [-0.15, -0.1) is 10.2 Å². The fourth-order valence-electron chi connectivity index (χ4n) is 2.17. The molecule has 2 heterocycles. The number of rotatable bonds is 6. The number of benzene rings is 1. The maximum Gasteiger partial charge on any atom is 0.336 e. The summed E-state index contributed by atoms with van der Waals surface area (Å²) in [7, 11) is 0. The number of aryl methyl sites for hydroxylation is 1. The van der Waals surface area contributed by atoms with Gasteiger partial charge in [0.2, 0.25) is 0 Å². The van der Waals surface area contributed by atoms with Crippen LogP contribution >= 0.6 is 34.9 Å². The molecule has 0 atom stereocenters. The van der Waals surface area contributed by atoms with Crippen LogP contribution in [-0.4, -0.2) is 21.1 Å². The molecule has 0 spiro atoms. The minimum atomic E-state index is -0.424. The van der Waals surface area contributed by atoms with Crippen molar-refractivity contribution in [2.45, 2.75) is 28.3 Å². The van der Waals surface area contributed by atoms with Gasteiger partial charge in [-0.25, -0.2) is 4.79 Å². The summed E-state index contributed by atoms with van der Waals surface area (Å²) >= 11 is 4.68. The highest BCUT2D eigenvalue weighted by atomic mass is 32.2. The van der Waals surface area contributed by atoms with Crippen LogP contribution in [0.5, 0.6) is 5.75 Å². The molecule has 0 aliphatic rings. The van der Waals surface area contributed by atoms with Crippen molar-refractivity contribution in [3.05, 3.63) is 51.9 Å². The maximum absolute atomic E-state index is 11.8. The Bertz CT molecular complexity index is 994. The molecule has 2 aromatic heterocycles. The summed E-state index contributed by atoms with van der Waals surface area (Å²) in [6.45, 7) is 7.59. The van der Waals surface area contributed by atoms with Crippen LogP contribution in [-0.2, 0) is 5.75 Å². The Labute approximate surface area is 157 Å². The lowest BCUT2D eigenvalue weighted by molar-refractivity contribution is 0.468. The van der Waals surface area contributed by atoms with Gasteiger partial charge in [0.15, 0.2) is 8.68 Å². The predicted molar refractivity (Wildman–Crippen MR) is 104 cm³/mol. The van der Waals surface area contributed by atoms with E-state index in [4.69, 9.17) is 4.42 Å². The van der Waals surface area contributed by atoms with Gasteiger partial charge in [-0.2, -0.15) is 0 Å². The summed E-state index contributed by atoms with van der Waals surface area (Å²) in [5.41, 5.74) is 2.52. The van der Waals surface area contributed by atoms with E-state index in [1.165, 1.54) is 29.2 Å². The van der Waals surface area contributed by atoms with Crippen molar-refractivity contribution in [1.82, 2.24) is 10.2 Å². The van der Waals surface area contributed by atoms with Gasteiger partial charge in [0.25, 0.3) is 0 Å². The first kappa shape index (κ1) is 18.0. The summed E-state index contributed by atoms with van der Waals surface area (Å²) in [6.07, 6.45) is 0. The zero-order valence-corrected chi connectivity index (χ0v) is 16.2. The van der Waals surface area contributed by atoms with E-state index in [-0.39, 0.29) is 5.75 Å². The number of nitrogens with zero attached hydrogens (tertiary/aromatic N) is 2. The third-order valence-corrected chi connectivity index (χ3v) is 6.87. The minimum Gasteiger partial charge on any atom is -0.508 e. The number of fused-ring (bicyclic) bond motifs is 1. The molecule has 0 bridgehead atoms. The Balaban J connectivity index is 1.81. The van der Waals surface area contributed by atoms with E-state index in [1.54, 1.807) is 30.8 Å². The first-order valence-electron chi connectivity index (χ1n) is 7.43. The van der Waals surface area contributed by atoms with E-state index in [0.29, 0.717) is 16.9 Å². The van der Waals surface area contributed by atoms with E-state index < -0.39 is 5.63 Å². The van der Waals surface area contributed by atoms with Crippen LogP contribution in [0.1, 0.15) is 18.1 Å². The van der Waals surface area contributed by atoms with Crippen LogP contribution in [0.25, 0.3) is 11.0 Å². The van der Waals surface area contributed by atoms with E-state index >= 15 is 0 Å². The van der Waals surface area contributed by atoms with Gasteiger partial charge in [0.05, 0.1) is 0 Å². The van der Waals surface area contributed by atoms with E-state index in [0.717, 1.165) is 31.0 Å². The Morgan fingerprint density at radius 2 is 2.04 bits per heavy atom. The van der Waals surface area contributed by atoms with E-state index in [2.05, 4.69) is 16.8 Å². The molecule has 3 aromatic rings. The quantitative estimate of drug-likeness (QED) is 0.373. The number of phenolic OH excluding ortho intramolecular Hbond substituents is 1. The van der Waals surface area contributed by atoms with Crippen molar-refractivity contribution in [1.29, 1.82) is 0 Å². The predicted octanol–water partition coefficient (Wildman–Crippen LogP) is 4.62. The van der Waals surface area contributed by atoms with Gasteiger partial charge >= 0.3 is 5.63 Å². The molecule has 130 valence electrons. The topological polar surface area (TPSA) is 76.2 Å². The van der Waals surface area contributed by atoms with Crippen molar-refractivity contribution in [2.75, 3.05) is 5.75 Å². The van der Waals surface area contributed by atoms with Gasteiger partial charge in [0.1, 0.15) is 11.3 Å². The number of thioether (sulfide) groups is 2. The molecule has 3 rings (SSSR count). The molecular weight excluding hydrogens is 376 g/mol. The molecule has 0 fully saturated rings. The molecule has 5 nitrogen and oxygen atoms in total. The van der Waals surface area contributed by atoms with Gasteiger partial charge in [-0.05, 0) is 31.5 Å². The molecule has 8 heteroatoms. The minimum absolute atomic E-state index is 0.115. The average molecular weight is 393 g/mol. The molecule has 0 aliphatic heterocycles. The van der Waals surface area contributed by atoms with Crippen molar-refractivity contribution < 1.29 is 9.52 Å². The van der Waals surface area contributed by atoms with Gasteiger partial charge in [0, 0.05) is 28.5 Å². The fraction of sp³-hybridized carbons (Fsp3) is 0.235. The Kier molecular flexibility index (Phi) is 5.51. The van der Waals surface area contributed by atoms with Gasteiger partial charge < -0.3 is 9.52 Å². The van der Waals surface area contributed by atoms with Crippen LogP contribution < -0.4 is 5.63 Å². The van der Waals surface area contributed by atoms with Crippen LogP contribution in [0.2, 0.25) is 0 Å². The second-order valence-corrected chi connectivity index (χ2v) is 8.97. The molecule has 0 unspecified atom stereocenters. The zero-order chi connectivity index (χ0) is 18.0. The molecule has 0 aliphatic carbocycles. The Morgan fingerprint density at radius 3 is 2.76 bits per heavy atom. The normalized spacial score (nSPS) is 11.1. The van der Waals surface area contributed by atoms with Crippen molar-refractivity contribution in [2.24, 2.45) is 0 Å². The number of phenols is 1. The molecule has 1 aromatic carbocycles. The Morgan fingerprint density at radius 1 is 1.32 bits per heavy atom. The summed E-state index contributed by atoms with van der Waals surface area (Å²) in [5.74, 6) is 1.52. The number of aromatic hydroxyl groups is 1. The van der Waals surface area contributed by atoms with Crippen LogP contribution in [0.3, 0.4) is 0 Å². The highest BCUT2D eigenvalue weighted by molar-refractivity contribution is 8.03. The van der Waals surface area contributed by atoms with Crippen LogP contribution in [0.15, 0.2) is 48.2 Å². The van der Waals surface area contributed by atoms with Crippen LogP contribution in [0, 0.1) is 6.92 Å². The molecule has 0 amide bonds. The molecule has 25 heavy (non-hydrogen) atoms. The summed E-state index contributed by atoms with van der Waals surface area (Å²) in [5, 5.41) is 19.0.